The van der Waals surface area contributed by atoms with Crippen molar-refractivity contribution in [2.75, 3.05) is 7.11 Å². The van der Waals surface area contributed by atoms with Crippen LogP contribution >= 0.6 is 0 Å². The van der Waals surface area contributed by atoms with Gasteiger partial charge in [0.2, 0.25) is 5.88 Å². The lowest BCUT2D eigenvalue weighted by atomic mass is 10.2. The third-order valence-corrected chi connectivity index (χ3v) is 3.55. The van der Waals surface area contributed by atoms with Crippen LogP contribution in [0.4, 0.5) is 0 Å². The second kappa shape index (κ2) is 4.70. The number of hydrogen-bond acceptors (Lipinski definition) is 4. The molecule has 0 bridgehead atoms. The molecule has 4 rings (SSSR count). The maximum Gasteiger partial charge on any atom is 0.274 e. The van der Waals surface area contributed by atoms with Crippen LogP contribution in [0.15, 0.2) is 53.5 Å². The van der Waals surface area contributed by atoms with E-state index in [4.69, 9.17) is 4.74 Å². The highest BCUT2D eigenvalue weighted by molar-refractivity contribution is 5.78. The van der Waals surface area contributed by atoms with Crippen LogP contribution in [0.1, 0.15) is 0 Å². The number of methoxy groups -OCH3 is 1. The van der Waals surface area contributed by atoms with Crippen LogP contribution in [-0.4, -0.2) is 26.5 Å². The Morgan fingerprint density at radius 1 is 1.14 bits per heavy atom. The molecule has 4 aromatic rings. The van der Waals surface area contributed by atoms with E-state index in [1.54, 1.807) is 29.8 Å². The molecule has 0 unspecified atom stereocenters. The van der Waals surface area contributed by atoms with Crippen LogP contribution in [0.3, 0.4) is 0 Å². The minimum atomic E-state index is -0.200. The largest absolute Gasteiger partial charge is 0.481 e. The van der Waals surface area contributed by atoms with Gasteiger partial charge in [-0.25, -0.2) is 4.98 Å². The number of nitrogens with zero attached hydrogens (tertiary/aromatic N) is 3. The monoisotopic (exact) mass is 292 g/mol. The van der Waals surface area contributed by atoms with Gasteiger partial charge in [-0.2, -0.15) is 4.98 Å². The molecule has 6 heteroatoms. The average Bonchev–Trinajstić information content (AvgIpc) is 3.01. The van der Waals surface area contributed by atoms with Crippen LogP contribution in [0, 0.1) is 0 Å². The van der Waals surface area contributed by atoms with Crippen molar-refractivity contribution in [3.63, 3.8) is 0 Å². The highest BCUT2D eigenvalue weighted by atomic mass is 16.5. The fourth-order valence-electron chi connectivity index (χ4n) is 2.52. The summed E-state index contributed by atoms with van der Waals surface area (Å²) in [5, 5.41) is 0. The summed E-state index contributed by atoms with van der Waals surface area (Å²) < 4.78 is 6.94. The molecular weight excluding hydrogens is 280 g/mol. The molecular formula is C16H12N4O2. The smallest absolute Gasteiger partial charge is 0.274 e. The Labute approximate surface area is 125 Å². The van der Waals surface area contributed by atoms with E-state index in [-0.39, 0.29) is 5.56 Å². The number of imidazole rings is 1. The van der Waals surface area contributed by atoms with Gasteiger partial charge in [-0.3, -0.25) is 9.20 Å². The highest BCUT2D eigenvalue weighted by Gasteiger charge is 2.13. The number of aromatic nitrogens is 4. The summed E-state index contributed by atoms with van der Waals surface area (Å²) in [6.07, 6.45) is 1.56. The maximum absolute atomic E-state index is 12.2. The Kier molecular flexibility index (Phi) is 2.69. The SMILES string of the molecule is COc1ccc2[nH]c(=O)c3cnc(-c4ccccc4)n3c2n1. The van der Waals surface area contributed by atoms with Crippen LogP contribution in [0.5, 0.6) is 5.88 Å². The standard InChI is InChI=1S/C16H12N4O2/c1-22-13-8-7-11-15(19-13)20-12(16(21)18-11)9-17-14(20)10-5-3-2-4-6-10/h2-9H,1H3,(H,18,21). The summed E-state index contributed by atoms with van der Waals surface area (Å²) in [6.45, 7) is 0. The van der Waals surface area contributed by atoms with E-state index in [0.29, 0.717) is 28.4 Å². The van der Waals surface area contributed by atoms with E-state index in [0.717, 1.165) is 5.56 Å². The first-order valence-electron chi connectivity index (χ1n) is 6.78. The Balaban J connectivity index is 2.17. The van der Waals surface area contributed by atoms with Gasteiger partial charge in [-0.05, 0) is 6.07 Å². The number of H-pyrrole nitrogens is 1. The zero-order valence-corrected chi connectivity index (χ0v) is 11.8. The number of nitrogens with one attached hydrogen (secondary N) is 1. The molecule has 22 heavy (non-hydrogen) atoms. The Morgan fingerprint density at radius 2 is 1.95 bits per heavy atom. The van der Waals surface area contributed by atoms with E-state index in [1.807, 2.05) is 30.3 Å². The highest BCUT2D eigenvalue weighted by Crippen LogP contribution is 2.22. The van der Waals surface area contributed by atoms with Crippen LogP contribution in [0.25, 0.3) is 28.1 Å². The second-order valence-corrected chi connectivity index (χ2v) is 4.85. The molecule has 0 amide bonds. The molecule has 6 nitrogen and oxygen atoms in total. The van der Waals surface area contributed by atoms with Crippen molar-refractivity contribution >= 4 is 16.7 Å². The summed E-state index contributed by atoms with van der Waals surface area (Å²) in [7, 11) is 1.56. The van der Waals surface area contributed by atoms with E-state index in [2.05, 4.69) is 15.0 Å². The number of rotatable bonds is 2. The molecule has 3 aromatic heterocycles. The number of benzene rings is 1. The molecule has 0 aliphatic rings. The molecule has 108 valence electrons. The molecule has 1 aromatic carbocycles. The molecule has 0 aliphatic heterocycles. The van der Waals surface area contributed by atoms with Gasteiger partial charge in [0.1, 0.15) is 11.3 Å². The fraction of sp³-hybridized carbons (Fsp3) is 0.0625. The number of pyridine rings is 1. The maximum atomic E-state index is 12.2. The third kappa shape index (κ3) is 1.77. The molecule has 1 N–H and O–H groups in total. The predicted octanol–water partition coefficient (Wildman–Crippen LogP) is 2.25. The van der Waals surface area contributed by atoms with Gasteiger partial charge in [0.25, 0.3) is 5.56 Å². The second-order valence-electron chi connectivity index (χ2n) is 4.85. The summed E-state index contributed by atoms with van der Waals surface area (Å²) in [5.74, 6) is 1.15. The van der Waals surface area contributed by atoms with Gasteiger partial charge >= 0.3 is 0 Å². The van der Waals surface area contributed by atoms with Crippen molar-refractivity contribution < 1.29 is 4.74 Å². The minimum Gasteiger partial charge on any atom is -0.481 e. The third-order valence-electron chi connectivity index (χ3n) is 3.55. The Morgan fingerprint density at radius 3 is 2.73 bits per heavy atom. The topological polar surface area (TPSA) is 72.3 Å². The van der Waals surface area contributed by atoms with Crippen molar-refractivity contribution in [1.82, 2.24) is 19.4 Å². The Hall–Kier alpha value is -3.15. The van der Waals surface area contributed by atoms with E-state index >= 15 is 0 Å². The fourth-order valence-corrected chi connectivity index (χ4v) is 2.52. The summed E-state index contributed by atoms with van der Waals surface area (Å²) in [4.78, 5) is 23.9. The average molecular weight is 292 g/mol. The van der Waals surface area contributed by atoms with Gasteiger partial charge in [0.05, 0.1) is 18.8 Å². The van der Waals surface area contributed by atoms with Gasteiger partial charge in [-0.1, -0.05) is 30.3 Å². The zero-order chi connectivity index (χ0) is 15.1. The van der Waals surface area contributed by atoms with Crippen LogP contribution < -0.4 is 10.3 Å². The van der Waals surface area contributed by atoms with Crippen LogP contribution in [0.2, 0.25) is 0 Å². The number of fused-ring (bicyclic) bond motifs is 3. The number of ether oxygens (including phenoxy) is 1. The summed E-state index contributed by atoms with van der Waals surface area (Å²) in [5.41, 5.74) is 2.40. The van der Waals surface area contributed by atoms with Gasteiger partial charge in [-0.15, -0.1) is 0 Å². The minimum absolute atomic E-state index is 0.200. The molecule has 3 heterocycles. The Bertz CT molecular complexity index is 1030. The first-order valence-corrected chi connectivity index (χ1v) is 6.78. The van der Waals surface area contributed by atoms with Crippen molar-refractivity contribution in [1.29, 1.82) is 0 Å². The lowest BCUT2D eigenvalue weighted by Gasteiger charge is -2.06. The molecule has 0 atom stereocenters. The first kappa shape index (κ1) is 12.6. The molecule has 0 spiro atoms. The molecule has 0 fully saturated rings. The number of aromatic amines is 1. The summed E-state index contributed by atoms with van der Waals surface area (Å²) in [6, 6.07) is 13.2. The zero-order valence-electron chi connectivity index (χ0n) is 11.8. The molecule has 0 saturated heterocycles. The normalized spacial score (nSPS) is 11.1. The predicted molar refractivity (Wildman–Crippen MR) is 83.1 cm³/mol. The van der Waals surface area contributed by atoms with Gasteiger partial charge in [0, 0.05) is 11.6 Å². The summed E-state index contributed by atoms with van der Waals surface area (Å²) >= 11 is 0. The van der Waals surface area contributed by atoms with Gasteiger partial charge in [0.15, 0.2) is 5.65 Å². The molecule has 0 radical (unpaired) electrons. The first-order chi connectivity index (χ1) is 10.8. The number of hydrogen-bond donors (Lipinski definition) is 1. The van der Waals surface area contributed by atoms with E-state index in [9.17, 15) is 4.79 Å². The molecule has 0 aliphatic carbocycles. The van der Waals surface area contributed by atoms with E-state index in [1.165, 1.54) is 0 Å². The van der Waals surface area contributed by atoms with Gasteiger partial charge < -0.3 is 9.72 Å². The quantitative estimate of drug-likeness (QED) is 0.615. The van der Waals surface area contributed by atoms with Crippen molar-refractivity contribution in [3.05, 3.63) is 59.0 Å². The van der Waals surface area contributed by atoms with Crippen LogP contribution in [-0.2, 0) is 0 Å². The van der Waals surface area contributed by atoms with Crippen molar-refractivity contribution in [2.45, 2.75) is 0 Å². The van der Waals surface area contributed by atoms with Crippen molar-refractivity contribution in [3.8, 4) is 17.3 Å². The van der Waals surface area contributed by atoms with Crippen molar-refractivity contribution in [2.24, 2.45) is 0 Å². The van der Waals surface area contributed by atoms with E-state index < -0.39 is 0 Å². The molecule has 0 saturated carbocycles. The lowest BCUT2D eigenvalue weighted by Crippen LogP contribution is -2.11. The lowest BCUT2D eigenvalue weighted by molar-refractivity contribution is 0.399.